The third-order valence-electron chi connectivity index (χ3n) is 10.3. The molecule has 0 saturated heterocycles. The Bertz CT molecular complexity index is 3130. The Morgan fingerprint density at radius 2 is 0.981 bits per heavy atom. The Morgan fingerprint density at radius 1 is 0.385 bits per heavy atom. The highest BCUT2D eigenvalue weighted by Crippen LogP contribution is 2.50. The van der Waals surface area contributed by atoms with Gasteiger partial charge < -0.3 is 9.32 Å². The maximum Gasteiger partial charge on any atom is 0.159 e. The van der Waals surface area contributed by atoms with Gasteiger partial charge in [0.25, 0.3) is 0 Å². The molecule has 4 heteroatoms. The summed E-state index contributed by atoms with van der Waals surface area (Å²) in [5.74, 6) is 0. The first-order chi connectivity index (χ1) is 25.8. The molecule has 52 heavy (non-hydrogen) atoms. The van der Waals surface area contributed by atoms with Gasteiger partial charge in [-0.25, -0.2) is 0 Å². The zero-order valence-electron chi connectivity index (χ0n) is 27.9. The summed E-state index contributed by atoms with van der Waals surface area (Å²) in [6.07, 6.45) is 0. The molecule has 0 spiro atoms. The fraction of sp³-hybridized carbons (Fsp3) is 0. The van der Waals surface area contributed by atoms with E-state index in [1.54, 1.807) is 0 Å². The van der Waals surface area contributed by atoms with Crippen molar-refractivity contribution in [3.8, 4) is 22.3 Å². The molecule has 3 aromatic heterocycles. The van der Waals surface area contributed by atoms with E-state index in [0.29, 0.717) is 0 Å². The lowest BCUT2D eigenvalue weighted by Crippen LogP contribution is -2.10. The number of nitrogens with zero attached hydrogens (tertiary/aromatic N) is 1. The number of furan rings is 1. The number of hydrogen-bond acceptors (Lipinski definition) is 4. The van der Waals surface area contributed by atoms with Crippen LogP contribution in [0.25, 0.3) is 84.5 Å². The van der Waals surface area contributed by atoms with Crippen molar-refractivity contribution in [2.24, 2.45) is 0 Å². The molecule has 2 nitrogen and oxygen atoms in total. The summed E-state index contributed by atoms with van der Waals surface area (Å²) in [5, 5.41) is 7.27. The number of anilines is 3. The van der Waals surface area contributed by atoms with Crippen molar-refractivity contribution >= 4 is 102 Å². The Morgan fingerprint density at radius 3 is 1.81 bits per heavy atom. The van der Waals surface area contributed by atoms with Gasteiger partial charge in [-0.15, -0.1) is 22.7 Å². The van der Waals surface area contributed by atoms with E-state index in [9.17, 15) is 0 Å². The van der Waals surface area contributed by atoms with Crippen molar-refractivity contribution in [1.82, 2.24) is 0 Å². The Hall–Kier alpha value is -6.20. The van der Waals surface area contributed by atoms with Gasteiger partial charge in [0.1, 0.15) is 5.58 Å². The molecule has 0 fully saturated rings. The second-order valence-electron chi connectivity index (χ2n) is 13.2. The molecule has 11 rings (SSSR count). The molecule has 0 radical (unpaired) electrons. The van der Waals surface area contributed by atoms with E-state index in [-0.39, 0.29) is 0 Å². The predicted octanol–water partition coefficient (Wildman–Crippen LogP) is 15.1. The van der Waals surface area contributed by atoms with E-state index in [1.165, 1.54) is 51.5 Å². The quantitative estimate of drug-likeness (QED) is 0.178. The number of fused-ring (bicyclic) bond motifs is 9. The molecule has 3 heterocycles. The lowest BCUT2D eigenvalue weighted by atomic mass is 10.0. The van der Waals surface area contributed by atoms with Gasteiger partial charge in [-0.1, -0.05) is 133 Å². The molecule has 0 aliphatic rings. The molecule has 0 unspecified atom stereocenters. The normalized spacial score (nSPS) is 11.8. The van der Waals surface area contributed by atoms with Crippen LogP contribution in [-0.2, 0) is 0 Å². The number of benzene rings is 8. The van der Waals surface area contributed by atoms with Crippen LogP contribution in [0, 0.1) is 0 Å². The average Bonchev–Trinajstić information content (AvgIpc) is 3.90. The van der Waals surface area contributed by atoms with Crippen LogP contribution >= 0.6 is 22.7 Å². The van der Waals surface area contributed by atoms with Crippen molar-refractivity contribution in [2.75, 3.05) is 4.90 Å². The van der Waals surface area contributed by atoms with Crippen LogP contribution in [0.15, 0.2) is 180 Å². The van der Waals surface area contributed by atoms with Crippen LogP contribution in [0.1, 0.15) is 0 Å². The van der Waals surface area contributed by atoms with Crippen molar-refractivity contribution < 1.29 is 4.42 Å². The maximum atomic E-state index is 7.06. The lowest BCUT2D eigenvalue weighted by molar-refractivity contribution is 0.670. The number of rotatable bonds is 5. The third-order valence-corrected chi connectivity index (χ3v) is 12.6. The molecule has 0 N–H and O–H groups in total. The summed E-state index contributed by atoms with van der Waals surface area (Å²) in [4.78, 5) is 2.43. The largest absolute Gasteiger partial charge is 0.453 e. The summed E-state index contributed by atoms with van der Waals surface area (Å²) >= 11 is 3.72. The van der Waals surface area contributed by atoms with Crippen molar-refractivity contribution in [3.63, 3.8) is 0 Å². The van der Waals surface area contributed by atoms with Crippen LogP contribution in [0.4, 0.5) is 17.1 Å². The van der Waals surface area contributed by atoms with Crippen molar-refractivity contribution in [3.05, 3.63) is 176 Å². The lowest BCUT2D eigenvalue weighted by Gasteiger charge is -2.26. The molecule has 0 bridgehead atoms. The van der Waals surface area contributed by atoms with Gasteiger partial charge in [0.15, 0.2) is 5.58 Å². The fourth-order valence-electron chi connectivity index (χ4n) is 7.95. The summed E-state index contributed by atoms with van der Waals surface area (Å²) in [6, 6.07) is 63.5. The third kappa shape index (κ3) is 4.48. The average molecular weight is 700 g/mol. The number of thiophene rings is 2. The molecule has 0 atom stereocenters. The van der Waals surface area contributed by atoms with Gasteiger partial charge in [-0.05, 0) is 59.2 Å². The van der Waals surface area contributed by atoms with E-state index in [4.69, 9.17) is 4.42 Å². The van der Waals surface area contributed by atoms with Crippen LogP contribution in [-0.4, -0.2) is 0 Å². The molecule has 8 aromatic carbocycles. The molecule has 244 valence electrons. The monoisotopic (exact) mass is 699 g/mol. The first kappa shape index (κ1) is 29.5. The predicted molar refractivity (Wildman–Crippen MR) is 225 cm³/mol. The van der Waals surface area contributed by atoms with Crippen molar-refractivity contribution in [1.29, 1.82) is 0 Å². The highest BCUT2D eigenvalue weighted by Gasteiger charge is 2.24. The van der Waals surface area contributed by atoms with Gasteiger partial charge in [0, 0.05) is 62.4 Å². The van der Waals surface area contributed by atoms with Gasteiger partial charge in [0.2, 0.25) is 0 Å². The van der Waals surface area contributed by atoms with E-state index in [0.717, 1.165) is 50.1 Å². The fourth-order valence-corrected chi connectivity index (χ4v) is 10.3. The van der Waals surface area contributed by atoms with Gasteiger partial charge in [0.05, 0.1) is 11.4 Å². The second-order valence-corrected chi connectivity index (χ2v) is 15.4. The zero-order chi connectivity index (χ0) is 34.2. The zero-order valence-corrected chi connectivity index (χ0v) is 29.5. The summed E-state index contributed by atoms with van der Waals surface area (Å²) < 4.78 is 12.2. The van der Waals surface area contributed by atoms with Crippen LogP contribution in [0.3, 0.4) is 0 Å². The maximum absolute atomic E-state index is 7.06. The minimum Gasteiger partial charge on any atom is -0.453 e. The summed E-state index contributed by atoms with van der Waals surface area (Å²) in [6.45, 7) is 0. The summed E-state index contributed by atoms with van der Waals surface area (Å²) in [5.41, 5.74) is 9.74. The Kier molecular flexibility index (Phi) is 6.63. The first-order valence-corrected chi connectivity index (χ1v) is 19.1. The van der Waals surface area contributed by atoms with E-state index >= 15 is 0 Å². The topological polar surface area (TPSA) is 16.4 Å². The van der Waals surface area contributed by atoms with Crippen molar-refractivity contribution in [2.45, 2.75) is 0 Å². The molecule has 0 aliphatic heterocycles. The highest BCUT2D eigenvalue weighted by atomic mass is 32.1. The van der Waals surface area contributed by atoms with Crippen LogP contribution in [0.5, 0.6) is 0 Å². The SMILES string of the molecule is c1ccc(-c2cccc3c2oc2c(N(c4ccc5sc6ccccc6c5c4)c4cccc5sc6c(-c7ccccc7)cccc6c45)cccc23)cc1. The van der Waals surface area contributed by atoms with E-state index in [2.05, 4.69) is 181 Å². The molecular weight excluding hydrogens is 671 g/mol. The smallest absolute Gasteiger partial charge is 0.159 e. The molecule has 0 amide bonds. The van der Waals surface area contributed by atoms with Gasteiger partial charge in [-0.3, -0.25) is 0 Å². The molecule has 0 aliphatic carbocycles. The Balaban J connectivity index is 1.23. The molecular formula is C48H29NOS2. The number of para-hydroxylation sites is 2. The van der Waals surface area contributed by atoms with Gasteiger partial charge in [-0.2, -0.15) is 0 Å². The highest BCUT2D eigenvalue weighted by molar-refractivity contribution is 7.26. The van der Waals surface area contributed by atoms with E-state index in [1.807, 2.05) is 22.7 Å². The molecule has 0 saturated carbocycles. The minimum atomic E-state index is 0.873. The first-order valence-electron chi connectivity index (χ1n) is 17.5. The minimum absolute atomic E-state index is 0.873. The van der Waals surface area contributed by atoms with Crippen LogP contribution < -0.4 is 4.90 Å². The van der Waals surface area contributed by atoms with Crippen LogP contribution in [0.2, 0.25) is 0 Å². The second kappa shape index (κ2) is 11.7. The van der Waals surface area contributed by atoms with Gasteiger partial charge >= 0.3 is 0 Å². The Labute approximate surface area is 308 Å². The van der Waals surface area contributed by atoms with E-state index < -0.39 is 0 Å². The summed E-state index contributed by atoms with van der Waals surface area (Å²) in [7, 11) is 0. The molecule has 11 aromatic rings. The standard InChI is InChI=1S/C48H29NOS2/c1-3-13-30(14-4-1)33-18-9-20-36-37-21-11-24-41(47(37)50-46(33)36)49(32-27-28-43-39(29-32)35-17-7-8-25-42(35)51-43)40-23-12-26-44-45(40)38-22-10-19-34(48(38)52-44)31-15-5-2-6-16-31/h1-29H. The number of hydrogen-bond donors (Lipinski definition) is 0.